The van der Waals surface area contributed by atoms with Crippen molar-refractivity contribution in [2.45, 2.75) is 0 Å². The fraction of sp³-hybridized carbons (Fsp3) is 0.455. The number of nitrogens with one attached hydrogen (secondary N) is 1. The van der Waals surface area contributed by atoms with Crippen LogP contribution in [0.5, 0.6) is 5.75 Å². The van der Waals surface area contributed by atoms with Gasteiger partial charge in [-0.15, -0.1) is 0 Å². The van der Waals surface area contributed by atoms with E-state index in [-0.39, 0.29) is 6.54 Å². The topological polar surface area (TPSA) is 67.9 Å². The number of hydrogen-bond donors (Lipinski definition) is 1. The summed E-state index contributed by atoms with van der Waals surface area (Å²) in [5.41, 5.74) is 0.457. The van der Waals surface area contributed by atoms with E-state index in [0.717, 1.165) is 0 Å². The smallest absolute Gasteiger partial charge is 0.301 e. The number of anilines is 1. The summed E-state index contributed by atoms with van der Waals surface area (Å²) in [6, 6.07) is 6.73. The summed E-state index contributed by atoms with van der Waals surface area (Å²) in [6.07, 6.45) is 0. The molecule has 0 unspecified atom stereocenters. The van der Waals surface area contributed by atoms with Crippen molar-refractivity contribution in [3.05, 3.63) is 24.3 Å². The molecule has 6 nitrogen and oxygen atoms in total. The zero-order chi connectivity index (χ0) is 13.6. The first kappa shape index (κ1) is 14.7. The van der Waals surface area contributed by atoms with Crippen molar-refractivity contribution in [2.24, 2.45) is 0 Å². The highest BCUT2D eigenvalue weighted by Gasteiger charge is 2.17. The molecule has 0 atom stereocenters. The van der Waals surface area contributed by atoms with E-state index in [9.17, 15) is 8.42 Å². The Kier molecular flexibility index (Phi) is 5.39. The Hall–Kier alpha value is -1.31. The lowest BCUT2D eigenvalue weighted by Crippen LogP contribution is -2.34. The molecule has 1 rings (SSSR count). The van der Waals surface area contributed by atoms with Crippen LogP contribution in [0.25, 0.3) is 0 Å². The average Bonchev–Trinajstić information content (AvgIpc) is 2.35. The first-order chi connectivity index (χ1) is 8.49. The standard InChI is InChI=1S/C11H18N2O4S/c1-13(7-8-16-2)18(14,15)12-10-5-4-6-11(9-10)17-3/h4-6,9,12H,7-8H2,1-3H3. The highest BCUT2D eigenvalue weighted by molar-refractivity contribution is 7.90. The molecule has 0 aliphatic heterocycles. The summed E-state index contributed by atoms with van der Waals surface area (Å²) in [5, 5.41) is 0. The van der Waals surface area contributed by atoms with Crippen LogP contribution >= 0.6 is 0 Å². The summed E-state index contributed by atoms with van der Waals surface area (Å²) in [7, 11) is 0.975. The van der Waals surface area contributed by atoms with E-state index in [1.165, 1.54) is 25.6 Å². The SMILES string of the molecule is COCCN(C)S(=O)(=O)Nc1cccc(OC)c1. The quantitative estimate of drug-likeness (QED) is 0.803. The Morgan fingerprint density at radius 3 is 2.67 bits per heavy atom. The lowest BCUT2D eigenvalue weighted by atomic mass is 10.3. The maximum Gasteiger partial charge on any atom is 0.301 e. The number of hydrogen-bond acceptors (Lipinski definition) is 4. The van der Waals surface area contributed by atoms with Gasteiger partial charge in [-0.25, -0.2) is 0 Å². The molecule has 0 saturated heterocycles. The minimum atomic E-state index is -3.56. The second kappa shape index (κ2) is 6.58. The second-order valence-corrected chi connectivity index (χ2v) is 5.43. The minimum Gasteiger partial charge on any atom is -0.497 e. The van der Waals surface area contributed by atoms with Gasteiger partial charge in [-0.1, -0.05) is 6.07 Å². The summed E-state index contributed by atoms with van der Waals surface area (Å²) in [5.74, 6) is 0.592. The number of likely N-dealkylation sites (N-methyl/N-ethyl adjacent to an activating group) is 1. The number of benzene rings is 1. The van der Waals surface area contributed by atoms with Gasteiger partial charge in [0.1, 0.15) is 5.75 Å². The second-order valence-electron chi connectivity index (χ2n) is 3.65. The predicted molar refractivity (Wildman–Crippen MR) is 70.0 cm³/mol. The van der Waals surface area contributed by atoms with Gasteiger partial charge in [0.2, 0.25) is 0 Å². The Morgan fingerprint density at radius 2 is 2.06 bits per heavy atom. The Labute approximate surface area is 108 Å². The van der Waals surface area contributed by atoms with Crippen molar-refractivity contribution in [2.75, 3.05) is 39.1 Å². The maximum absolute atomic E-state index is 11.9. The van der Waals surface area contributed by atoms with Crippen molar-refractivity contribution in [3.63, 3.8) is 0 Å². The van der Waals surface area contributed by atoms with Crippen molar-refractivity contribution in [1.82, 2.24) is 4.31 Å². The van der Waals surface area contributed by atoms with Crippen LogP contribution in [-0.2, 0) is 14.9 Å². The third-order valence-corrected chi connectivity index (χ3v) is 3.83. The normalized spacial score (nSPS) is 11.6. The van der Waals surface area contributed by atoms with E-state index in [0.29, 0.717) is 18.0 Å². The van der Waals surface area contributed by atoms with Crippen LogP contribution in [0.2, 0.25) is 0 Å². The number of methoxy groups -OCH3 is 2. The third-order valence-electron chi connectivity index (χ3n) is 2.34. The van der Waals surface area contributed by atoms with Gasteiger partial charge in [0.15, 0.2) is 0 Å². The van der Waals surface area contributed by atoms with Crippen molar-refractivity contribution < 1.29 is 17.9 Å². The first-order valence-corrected chi connectivity index (χ1v) is 6.80. The van der Waals surface area contributed by atoms with Gasteiger partial charge in [-0.05, 0) is 12.1 Å². The fourth-order valence-corrected chi connectivity index (χ4v) is 2.15. The molecule has 0 bridgehead atoms. The highest BCUT2D eigenvalue weighted by Crippen LogP contribution is 2.18. The molecule has 1 aromatic rings. The summed E-state index contributed by atoms with van der Waals surface area (Å²) < 4.78 is 37.4. The molecule has 0 aliphatic carbocycles. The molecule has 0 aliphatic rings. The van der Waals surface area contributed by atoms with Crippen molar-refractivity contribution in [3.8, 4) is 5.75 Å². The third kappa shape index (κ3) is 4.17. The molecule has 0 radical (unpaired) electrons. The van der Waals surface area contributed by atoms with Crippen molar-refractivity contribution >= 4 is 15.9 Å². The molecule has 1 N–H and O–H groups in total. The Balaban J connectivity index is 2.75. The van der Waals surface area contributed by atoms with Crippen LogP contribution in [0, 0.1) is 0 Å². The predicted octanol–water partition coefficient (Wildman–Crippen LogP) is 0.930. The molecule has 18 heavy (non-hydrogen) atoms. The largest absolute Gasteiger partial charge is 0.497 e. The van der Waals surface area contributed by atoms with Gasteiger partial charge in [-0.3, -0.25) is 4.72 Å². The van der Waals surface area contributed by atoms with Crippen LogP contribution in [-0.4, -0.2) is 47.1 Å². The number of nitrogens with zero attached hydrogens (tertiary/aromatic N) is 1. The summed E-state index contributed by atoms with van der Waals surface area (Å²) >= 11 is 0. The zero-order valence-corrected chi connectivity index (χ0v) is 11.5. The molecule has 1 aromatic carbocycles. The van der Waals surface area contributed by atoms with Crippen LogP contribution in [0.3, 0.4) is 0 Å². The lowest BCUT2D eigenvalue weighted by Gasteiger charge is -2.18. The molecule has 0 heterocycles. The molecule has 0 fully saturated rings. The Morgan fingerprint density at radius 1 is 1.33 bits per heavy atom. The maximum atomic E-state index is 11.9. The zero-order valence-electron chi connectivity index (χ0n) is 10.7. The van der Waals surface area contributed by atoms with E-state index in [4.69, 9.17) is 9.47 Å². The van der Waals surface area contributed by atoms with E-state index in [1.54, 1.807) is 24.3 Å². The van der Waals surface area contributed by atoms with E-state index < -0.39 is 10.2 Å². The molecule has 0 aromatic heterocycles. The van der Waals surface area contributed by atoms with Gasteiger partial charge < -0.3 is 9.47 Å². The van der Waals surface area contributed by atoms with Crippen LogP contribution in [0.4, 0.5) is 5.69 Å². The summed E-state index contributed by atoms with van der Waals surface area (Å²) in [4.78, 5) is 0. The average molecular weight is 274 g/mol. The minimum absolute atomic E-state index is 0.288. The van der Waals surface area contributed by atoms with E-state index in [2.05, 4.69) is 4.72 Å². The molecule has 7 heteroatoms. The summed E-state index contributed by atoms with van der Waals surface area (Å²) in [6.45, 7) is 0.630. The molecule has 0 amide bonds. The fourth-order valence-electron chi connectivity index (χ4n) is 1.25. The van der Waals surface area contributed by atoms with Gasteiger partial charge in [0, 0.05) is 26.8 Å². The van der Waals surface area contributed by atoms with Crippen LogP contribution < -0.4 is 9.46 Å². The van der Waals surface area contributed by atoms with Gasteiger partial charge >= 0.3 is 10.2 Å². The van der Waals surface area contributed by atoms with E-state index >= 15 is 0 Å². The number of rotatable bonds is 7. The van der Waals surface area contributed by atoms with Gasteiger partial charge in [0.25, 0.3) is 0 Å². The molecule has 0 spiro atoms. The molecule has 102 valence electrons. The lowest BCUT2D eigenvalue weighted by molar-refractivity contribution is 0.185. The van der Waals surface area contributed by atoms with Gasteiger partial charge in [-0.2, -0.15) is 12.7 Å². The van der Waals surface area contributed by atoms with Crippen molar-refractivity contribution in [1.29, 1.82) is 0 Å². The van der Waals surface area contributed by atoms with Gasteiger partial charge in [0.05, 0.1) is 19.4 Å². The Bertz CT molecular complexity index is 476. The highest BCUT2D eigenvalue weighted by atomic mass is 32.2. The van der Waals surface area contributed by atoms with E-state index in [1.807, 2.05) is 0 Å². The molecule has 0 saturated carbocycles. The molecular weight excluding hydrogens is 256 g/mol. The first-order valence-electron chi connectivity index (χ1n) is 5.36. The molecular formula is C11H18N2O4S. The van der Waals surface area contributed by atoms with Crippen LogP contribution in [0.15, 0.2) is 24.3 Å². The number of ether oxygens (including phenoxy) is 2. The van der Waals surface area contributed by atoms with Crippen LogP contribution in [0.1, 0.15) is 0 Å². The monoisotopic (exact) mass is 274 g/mol.